The molecular formula is C22H19N5O2S2. The van der Waals surface area contributed by atoms with Gasteiger partial charge < -0.3 is 9.40 Å². The van der Waals surface area contributed by atoms with Gasteiger partial charge in [0, 0.05) is 10.6 Å². The van der Waals surface area contributed by atoms with Crippen molar-refractivity contribution in [2.24, 2.45) is 0 Å². The van der Waals surface area contributed by atoms with E-state index in [1.54, 1.807) is 17.6 Å². The van der Waals surface area contributed by atoms with Gasteiger partial charge in [0.1, 0.15) is 10.7 Å². The lowest BCUT2D eigenvalue weighted by atomic mass is 10.2. The number of furan rings is 1. The van der Waals surface area contributed by atoms with Gasteiger partial charge in [0.05, 0.1) is 16.9 Å². The van der Waals surface area contributed by atoms with E-state index in [9.17, 15) is 4.79 Å². The predicted molar refractivity (Wildman–Crippen MR) is 123 cm³/mol. The number of nitrogens with one attached hydrogen (secondary N) is 1. The number of hydrogen-bond acceptors (Lipinski definition) is 7. The molecule has 0 aliphatic rings. The Hall–Kier alpha value is -3.17. The number of nitrogens with zero attached hydrogens (tertiary/aromatic N) is 4. The Kier molecular flexibility index (Phi) is 4.99. The van der Waals surface area contributed by atoms with E-state index < -0.39 is 0 Å². The van der Waals surface area contributed by atoms with Crippen molar-refractivity contribution in [2.45, 2.75) is 31.2 Å². The lowest BCUT2D eigenvalue weighted by molar-refractivity contribution is 0.575. The molecule has 156 valence electrons. The Morgan fingerprint density at radius 2 is 1.94 bits per heavy atom. The highest BCUT2D eigenvalue weighted by atomic mass is 32.2. The van der Waals surface area contributed by atoms with E-state index in [-0.39, 0.29) is 10.8 Å². The number of aromatic amines is 1. The van der Waals surface area contributed by atoms with Crippen LogP contribution in [0.15, 0.2) is 63.1 Å². The van der Waals surface area contributed by atoms with E-state index in [2.05, 4.69) is 15.2 Å². The number of H-pyrrole nitrogens is 1. The molecule has 0 radical (unpaired) electrons. The third-order valence-corrected chi connectivity index (χ3v) is 7.27. The molecule has 31 heavy (non-hydrogen) atoms. The maximum absolute atomic E-state index is 12.7. The molecule has 7 nitrogen and oxygen atoms in total. The first kappa shape index (κ1) is 19.8. The normalized spacial score (nSPS) is 12.5. The molecule has 0 bridgehead atoms. The Bertz CT molecular complexity index is 1420. The van der Waals surface area contributed by atoms with Crippen molar-refractivity contribution < 1.29 is 4.42 Å². The van der Waals surface area contributed by atoms with Crippen molar-refractivity contribution in [3.05, 3.63) is 75.3 Å². The molecule has 0 unspecified atom stereocenters. The van der Waals surface area contributed by atoms with Crippen molar-refractivity contribution in [1.29, 1.82) is 0 Å². The third kappa shape index (κ3) is 3.49. The van der Waals surface area contributed by atoms with Crippen LogP contribution < -0.4 is 5.56 Å². The second kappa shape index (κ2) is 7.82. The van der Waals surface area contributed by atoms with Crippen molar-refractivity contribution in [3.63, 3.8) is 0 Å². The number of fused-ring (bicyclic) bond motifs is 1. The fourth-order valence-electron chi connectivity index (χ4n) is 3.40. The highest BCUT2D eigenvalue weighted by Crippen LogP contribution is 2.36. The van der Waals surface area contributed by atoms with Crippen molar-refractivity contribution >= 4 is 33.3 Å². The molecule has 5 aromatic rings. The lowest BCUT2D eigenvalue weighted by Gasteiger charge is -2.12. The smallest absolute Gasteiger partial charge is 0.259 e. The summed E-state index contributed by atoms with van der Waals surface area (Å²) in [5, 5.41) is 10.0. The van der Waals surface area contributed by atoms with E-state index in [1.807, 2.05) is 67.8 Å². The molecular weight excluding hydrogens is 430 g/mol. The molecule has 0 fully saturated rings. The zero-order valence-electron chi connectivity index (χ0n) is 17.1. The Labute approximate surface area is 186 Å². The van der Waals surface area contributed by atoms with Gasteiger partial charge in [-0.3, -0.25) is 9.36 Å². The van der Waals surface area contributed by atoms with Gasteiger partial charge in [0.25, 0.3) is 5.56 Å². The van der Waals surface area contributed by atoms with Gasteiger partial charge in [-0.25, -0.2) is 4.98 Å². The zero-order valence-corrected chi connectivity index (χ0v) is 18.8. The summed E-state index contributed by atoms with van der Waals surface area (Å²) in [4.78, 5) is 22.3. The first-order chi connectivity index (χ1) is 15.0. The maximum atomic E-state index is 12.7. The molecule has 0 aliphatic carbocycles. The minimum absolute atomic E-state index is 0.102. The minimum atomic E-state index is -0.143. The van der Waals surface area contributed by atoms with E-state index in [0.29, 0.717) is 28.0 Å². The monoisotopic (exact) mass is 449 g/mol. The molecule has 4 heterocycles. The van der Waals surface area contributed by atoms with E-state index in [4.69, 9.17) is 9.40 Å². The van der Waals surface area contributed by atoms with Crippen LogP contribution in [0.3, 0.4) is 0 Å². The summed E-state index contributed by atoms with van der Waals surface area (Å²) in [6.45, 7) is 5.97. The average Bonchev–Trinajstić information content (AvgIpc) is 3.48. The topological polar surface area (TPSA) is 89.6 Å². The quantitative estimate of drug-likeness (QED) is 0.367. The summed E-state index contributed by atoms with van der Waals surface area (Å²) >= 11 is 3.03. The standard InChI is InChI=1S/C22H19N5O2S2/c1-12-13(2)30-21-17(12)20(28)23-18(24-21)14(3)31-22-26-25-19(16-10-7-11-29-16)27(22)15-8-5-4-6-9-15/h4-11,14H,1-3H3,(H,23,24,28)/t14-/m1/s1. The van der Waals surface area contributed by atoms with Crippen molar-refractivity contribution in [1.82, 2.24) is 24.7 Å². The highest BCUT2D eigenvalue weighted by Gasteiger charge is 2.22. The Morgan fingerprint density at radius 1 is 1.13 bits per heavy atom. The predicted octanol–water partition coefficient (Wildman–Crippen LogP) is 5.30. The van der Waals surface area contributed by atoms with Gasteiger partial charge in [0.2, 0.25) is 5.82 Å². The summed E-state index contributed by atoms with van der Waals surface area (Å²) in [6, 6.07) is 13.6. The minimum Gasteiger partial charge on any atom is -0.461 e. The molecule has 0 saturated carbocycles. The van der Waals surface area contributed by atoms with Gasteiger partial charge in [-0.2, -0.15) is 0 Å². The van der Waals surface area contributed by atoms with Crippen LogP contribution in [0.25, 0.3) is 27.5 Å². The van der Waals surface area contributed by atoms with Gasteiger partial charge in [-0.05, 0) is 50.6 Å². The van der Waals surface area contributed by atoms with E-state index in [0.717, 1.165) is 21.0 Å². The number of benzene rings is 1. The first-order valence-corrected chi connectivity index (χ1v) is 11.4. The van der Waals surface area contributed by atoms with Crippen LogP contribution in [-0.2, 0) is 0 Å². The largest absolute Gasteiger partial charge is 0.461 e. The van der Waals surface area contributed by atoms with Crippen molar-refractivity contribution in [2.75, 3.05) is 0 Å². The Morgan fingerprint density at radius 3 is 2.68 bits per heavy atom. The van der Waals surface area contributed by atoms with Gasteiger partial charge in [0.15, 0.2) is 10.9 Å². The van der Waals surface area contributed by atoms with Gasteiger partial charge >= 0.3 is 0 Å². The van der Waals surface area contributed by atoms with Crippen LogP contribution in [0, 0.1) is 13.8 Å². The third-order valence-electron chi connectivity index (χ3n) is 5.11. The summed E-state index contributed by atoms with van der Waals surface area (Å²) in [7, 11) is 0. The second-order valence-electron chi connectivity index (χ2n) is 7.13. The zero-order chi connectivity index (χ0) is 21.5. The van der Waals surface area contributed by atoms with Crippen LogP contribution in [0.1, 0.15) is 28.4 Å². The van der Waals surface area contributed by atoms with Crippen LogP contribution >= 0.6 is 23.1 Å². The number of thiophene rings is 1. The molecule has 1 N–H and O–H groups in total. The Balaban J connectivity index is 1.56. The van der Waals surface area contributed by atoms with Crippen LogP contribution in [0.2, 0.25) is 0 Å². The first-order valence-electron chi connectivity index (χ1n) is 9.74. The molecule has 1 atom stereocenters. The van der Waals surface area contributed by atoms with Gasteiger partial charge in [-0.1, -0.05) is 30.0 Å². The molecule has 0 spiro atoms. The lowest BCUT2D eigenvalue weighted by Crippen LogP contribution is -2.12. The van der Waals surface area contributed by atoms with Crippen LogP contribution in [0.4, 0.5) is 0 Å². The van der Waals surface area contributed by atoms with Crippen LogP contribution in [0.5, 0.6) is 0 Å². The summed E-state index contributed by atoms with van der Waals surface area (Å²) in [5.74, 6) is 1.87. The van der Waals surface area contributed by atoms with Gasteiger partial charge in [-0.15, -0.1) is 21.5 Å². The number of aryl methyl sites for hydroxylation is 2. The molecule has 0 saturated heterocycles. The molecule has 0 aliphatic heterocycles. The number of thioether (sulfide) groups is 1. The van der Waals surface area contributed by atoms with E-state index in [1.165, 1.54) is 11.8 Å². The average molecular weight is 450 g/mol. The maximum Gasteiger partial charge on any atom is 0.259 e. The molecule has 4 aromatic heterocycles. The molecule has 5 rings (SSSR count). The molecule has 1 aromatic carbocycles. The van der Waals surface area contributed by atoms with Crippen molar-refractivity contribution in [3.8, 4) is 17.3 Å². The molecule has 0 amide bonds. The van der Waals surface area contributed by atoms with Crippen LogP contribution in [-0.4, -0.2) is 24.7 Å². The summed E-state index contributed by atoms with van der Waals surface area (Å²) in [6.07, 6.45) is 1.61. The SMILES string of the molecule is Cc1sc2nc([C@@H](C)Sc3nnc(-c4ccco4)n3-c3ccccc3)[nH]c(=O)c2c1C. The number of aromatic nitrogens is 5. The summed E-state index contributed by atoms with van der Waals surface area (Å²) in [5.41, 5.74) is 1.82. The summed E-state index contributed by atoms with van der Waals surface area (Å²) < 4.78 is 7.53. The molecule has 9 heteroatoms. The second-order valence-corrected chi connectivity index (χ2v) is 9.64. The fourth-order valence-corrected chi connectivity index (χ4v) is 5.36. The fraction of sp³-hybridized carbons (Fsp3) is 0.182. The number of para-hydroxylation sites is 1. The highest BCUT2D eigenvalue weighted by molar-refractivity contribution is 7.99. The van der Waals surface area contributed by atoms with E-state index >= 15 is 0 Å². The number of hydrogen-bond donors (Lipinski definition) is 1. The number of rotatable bonds is 5.